The van der Waals surface area contributed by atoms with Crippen LogP contribution >= 0.6 is 0 Å². The number of allylic oxidation sites excluding steroid dienone is 1. The molecule has 0 radical (unpaired) electrons. The lowest BCUT2D eigenvalue weighted by Crippen LogP contribution is -2.60. The van der Waals surface area contributed by atoms with Crippen LogP contribution in [-0.4, -0.2) is 46.3 Å². The Bertz CT molecular complexity index is 422. The summed E-state index contributed by atoms with van der Waals surface area (Å²) in [6, 6.07) is 0.660. The molecule has 0 aromatic heterocycles. The van der Waals surface area contributed by atoms with Crippen LogP contribution in [0.5, 0.6) is 0 Å². The molecule has 0 amide bonds. The smallest absolute Gasteiger partial charge is 0.417 e. The van der Waals surface area contributed by atoms with Crippen LogP contribution in [0.2, 0.25) is 65.0 Å². The van der Waals surface area contributed by atoms with E-state index < -0.39 is 39.7 Å². The second kappa shape index (κ2) is 10.5. The summed E-state index contributed by atoms with van der Waals surface area (Å²) in [7, 11) is -8.45. The van der Waals surface area contributed by atoms with Crippen LogP contribution in [0.25, 0.3) is 0 Å². The largest absolute Gasteiger partial charge is 0.469 e. The zero-order chi connectivity index (χ0) is 20.6. The predicted octanol–water partition coefficient (Wildman–Crippen LogP) is 4.92. The Labute approximate surface area is 163 Å². The van der Waals surface area contributed by atoms with Gasteiger partial charge in [-0.25, -0.2) is 4.79 Å². The zero-order valence-corrected chi connectivity index (χ0v) is 22.2. The molecule has 154 valence electrons. The molecule has 26 heavy (non-hydrogen) atoms. The Morgan fingerprint density at radius 2 is 1.23 bits per heavy atom. The van der Waals surface area contributed by atoms with Crippen LogP contribution in [0, 0.1) is 0 Å². The van der Waals surface area contributed by atoms with Crippen molar-refractivity contribution < 1.29 is 26.9 Å². The molecular formula is C16H38O6Si4. The third-order valence-electron chi connectivity index (χ3n) is 2.54. The van der Waals surface area contributed by atoms with Crippen molar-refractivity contribution in [2.45, 2.75) is 78.3 Å². The maximum Gasteiger partial charge on any atom is 0.469 e. The maximum atomic E-state index is 11.3. The zero-order valence-electron chi connectivity index (χ0n) is 18.2. The molecule has 0 aromatic carbocycles. The van der Waals surface area contributed by atoms with E-state index in [-0.39, 0.29) is 6.61 Å². The molecule has 10 heteroatoms. The van der Waals surface area contributed by atoms with Crippen LogP contribution in [0.3, 0.4) is 0 Å². The molecular weight excluding hydrogens is 401 g/mol. The summed E-state index contributed by atoms with van der Waals surface area (Å²) in [6.45, 7) is 21.5. The van der Waals surface area contributed by atoms with Crippen molar-refractivity contribution in [2.24, 2.45) is 0 Å². The third kappa shape index (κ3) is 14.0. The van der Waals surface area contributed by atoms with Crippen molar-refractivity contribution in [1.29, 1.82) is 0 Å². The molecule has 0 N–H and O–H groups in total. The van der Waals surface area contributed by atoms with E-state index in [1.165, 1.54) is 6.08 Å². The molecule has 0 unspecified atom stereocenters. The van der Waals surface area contributed by atoms with Crippen LogP contribution in [0.1, 0.15) is 13.3 Å². The van der Waals surface area contributed by atoms with Gasteiger partial charge in [0.1, 0.15) is 0 Å². The fraction of sp³-hybridized carbons (Fsp3) is 0.812. The van der Waals surface area contributed by atoms with E-state index in [4.69, 9.17) is 22.1 Å². The monoisotopic (exact) mass is 438 g/mol. The molecule has 0 saturated carbocycles. The van der Waals surface area contributed by atoms with E-state index in [0.717, 1.165) is 0 Å². The molecule has 0 rings (SSSR count). The Morgan fingerprint density at radius 1 is 0.808 bits per heavy atom. The number of hydrogen-bond acceptors (Lipinski definition) is 6. The second-order valence-electron chi connectivity index (χ2n) is 9.15. The standard InChI is InChI=1S/C16H38O6Si4/c1-11-13-16(17)19-18-14-12-15-26(20-23(2,3)4,21-24(5,6)7)22-25(8,9)10/h11,13H,12,14-15H2,1-10H3. The molecule has 0 aliphatic carbocycles. The maximum absolute atomic E-state index is 11.3. The number of carbonyl (C=O) groups excluding carboxylic acids is 1. The van der Waals surface area contributed by atoms with Crippen molar-refractivity contribution in [1.82, 2.24) is 0 Å². The van der Waals surface area contributed by atoms with Gasteiger partial charge < -0.3 is 12.3 Å². The number of hydrogen-bond donors (Lipinski definition) is 0. The van der Waals surface area contributed by atoms with Crippen molar-refractivity contribution in [3.63, 3.8) is 0 Å². The fourth-order valence-corrected chi connectivity index (χ4v) is 16.8. The first-order valence-electron chi connectivity index (χ1n) is 9.14. The van der Waals surface area contributed by atoms with E-state index in [9.17, 15) is 4.79 Å². The Hall–Kier alpha value is -0.0825. The predicted molar refractivity (Wildman–Crippen MR) is 115 cm³/mol. The lowest BCUT2D eigenvalue weighted by atomic mass is 10.5. The fourth-order valence-electron chi connectivity index (χ4n) is 2.23. The van der Waals surface area contributed by atoms with Gasteiger partial charge in [-0.05, 0) is 72.3 Å². The number of carbonyl (C=O) groups is 1. The van der Waals surface area contributed by atoms with Crippen LogP contribution in [-0.2, 0) is 26.9 Å². The van der Waals surface area contributed by atoms with Gasteiger partial charge in [-0.1, -0.05) is 6.08 Å². The number of rotatable bonds is 12. The van der Waals surface area contributed by atoms with Gasteiger partial charge >= 0.3 is 14.8 Å². The first-order valence-corrected chi connectivity index (χ1v) is 21.3. The quantitative estimate of drug-likeness (QED) is 0.142. The minimum absolute atomic E-state index is 0.289. The van der Waals surface area contributed by atoms with Crippen molar-refractivity contribution in [3.8, 4) is 0 Å². The van der Waals surface area contributed by atoms with E-state index in [2.05, 4.69) is 58.9 Å². The SMILES string of the molecule is CC=CC(=O)OOCCC[Si](O[Si](C)(C)C)(O[Si](C)(C)C)O[Si](C)(C)C. The molecule has 0 atom stereocenters. The van der Waals surface area contributed by atoms with Gasteiger partial charge in [0.2, 0.25) is 0 Å². The average Bonchev–Trinajstić information content (AvgIpc) is 2.31. The minimum Gasteiger partial charge on any atom is -0.417 e. The summed E-state index contributed by atoms with van der Waals surface area (Å²) >= 11 is 0. The van der Waals surface area contributed by atoms with Gasteiger partial charge in [-0.15, -0.1) is 0 Å². The van der Waals surface area contributed by atoms with Gasteiger partial charge in [0, 0.05) is 12.1 Å². The van der Waals surface area contributed by atoms with Crippen molar-refractivity contribution in [2.75, 3.05) is 6.61 Å². The lowest BCUT2D eigenvalue weighted by molar-refractivity contribution is -0.267. The summed E-state index contributed by atoms with van der Waals surface area (Å²) < 4.78 is 19.7. The first kappa shape index (κ1) is 25.9. The van der Waals surface area contributed by atoms with E-state index in [1.54, 1.807) is 13.0 Å². The normalized spacial score (nSPS) is 14.1. The summed E-state index contributed by atoms with van der Waals surface area (Å²) in [5, 5.41) is 0. The highest BCUT2D eigenvalue weighted by molar-refractivity contribution is 6.90. The molecule has 0 aromatic rings. The molecule has 0 aliphatic rings. The Morgan fingerprint density at radius 3 is 1.58 bits per heavy atom. The van der Waals surface area contributed by atoms with E-state index >= 15 is 0 Å². The van der Waals surface area contributed by atoms with Crippen LogP contribution < -0.4 is 0 Å². The Balaban J connectivity index is 5.11. The van der Waals surface area contributed by atoms with Gasteiger partial charge in [-0.2, -0.15) is 4.89 Å². The Kier molecular flexibility index (Phi) is 10.4. The van der Waals surface area contributed by atoms with Gasteiger partial charge in [0.25, 0.3) is 0 Å². The molecule has 0 spiro atoms. The van der Waals surface area contributed by atoms with Crippen LogP contribution in [0.15, 0.2) is 12.2 Å². The highest BCUT2D eigenvalue weighted by Crippen LogP contribution is 2.29. The lowest BCUT2D eigenvalue weighted by Gasteiger charge is -2.42. The van der Waals surface area contributed by atoms with Gasteiger partial charge in [0.05, 0.1) is 6.61 Å². The minimum atomic E-state index is -2.84. The second-order valence-corrected chi connectivity index (χ2v) is 26.1. The summed E-state index contributed by atoms with van der Waals surface area (Å²) in [5.41, 5.74) is 0. The molecule has 0 heterocycles. The topological polar surface area (TPSA) is 63.2 Å². The van der Waals surface area contributed by atoms with E-state index in [1.807, 2.05) is 0 Å². The van der Waals surface area contributed by atoms with Gasteiger partial charge in [0.15, 0.2) is 25.0 Å². The third-order valence-corrected chi connectivity index (χ3v) is 14.6. The highest BCUT2D eigenvalue weighted by Gasteiger charge is 2.49. The molecule has 0 bridgehead atoms. The highest BCUT2D eigenvalue weighted by atomic mass is 28.5. The van der Waals surface area contributed by atoms with Crippen molar-refractivity contribution in [3.05, 3.63) is 12.2 Å². The van der Waals surface area contributed by atoms with Crippen LogP contribution in [0.4, 0.5) is 0 Å². The molecule has 6 nitrogen and oxygen atoms in total. The van der Waals surface area contributed by atoms with Gasteiger partial charge in [-0.3, -0.25) is 4.89 Å². The summed E-state index contributed by atoms with van der Waals surface area (Å²) in [5.74, 6) is -0.508. The van der Waals surface area contributed by atoms with E-state index in [0.29, 0.717) is 12.5 Å². The molecule has 0 aliphatic heterocycles. The van der Waals surface area contributed by atoms with Crippen molar-refractivity contribution >= 4 is 39.7 Å². The summed E-state index contributed by atoms with van der Waals surface area (Å²) in [6.07, 6.45) is 3.57. The molecule has 0 fully saturated rings. The molecule has 0 saturated heterocycles. The average molecular weight is 439 g/mol. The first-order chi connectivity index (χ1) is 11.6. The summed E-state index contributed by atoms with van der Waals surface area (Å²) in [4.78, 5) is 21.0.